The lowest BCUT2D eigenvalue weighted by atomic mass is 9.77. The monoisotopic (exact) mass is 1750 g/mol. The zero-order chi connectivity index (χ0) is 92.5. The number of hydrogen-bond acceptors (Lipinski definition) is 29. The van der Waals surface area contributed by atoms with E-state index in [-0.39, 0.29) is 146 Å². The second kappa shape index (κ2) is 36.7. The maximum absolute atomic E-state index is 14.8. The third-order valence-electron chi connectivity index (χ3n) is 27.2. The lowest BCUT2D eigenvalue weighted by molar-refractivity contribution is -0.158. The number of benzene rings is 6. The first-order chi connectivity index (χ1) is 59.9. The molecule has 2 fully saturated rings. The summed E-state index contributed by atoms with van der Waals surface area (Å²) in [6.45, 7) is 34.7. The maximum atomic E-state index is 14.8. The number of allylic oxidation sites excluding steroid dienone is 6. The van der Waals surface area contributed by atoms with Crippen LogP contribution in [-0.4, -0.2) is 184 Å². The van der Waals surface area contributed by atoms with Crippen LogP contribution in [0.3, 0.4) is 0 Å². The highest BCUT2D eigenvalue weighted by Crippen LogP contribution is 2.46. The van der Waals surface area contributed by atoms with Gasteiger partial charge in [-0.3, -0.25) is 38.5 Å². The zero-order valence-corrected chi connectivity index (χ0v) is 74.9. The maximum Gasteiger partial charge on any atom is 0.307 e. The number of aromatic hydroxyl groups is 2. The Hall–Kier alpha value is -11.5. The van der Waals surface area contributed by atoms with Crippen molar-refractivity contribution in [1.82, 2.24) is 14.9 Å². The second-order valence-electron chi connectivity index (χ2n) is 36.0. The van der Waals surface area contributed by atoms with E-state index in [9.17, 15) is 84.6 Å². The number of carbonyl (C=O) groups is 3. The van der Waals surface area contributed by atoms with E-state index >= 15 is 0 Å². The minimum atomic E-state index is -1.92. The van der Waals surface area contributed by atoms with Crippen LogP contribution >= 0.6 is 0 Å². The van der Waals surface area contributed by atoms with Gasteiger partial charge >= 0.3 is 17.5 Å². The van der Waals surface area contributed by atoms with Crippen molar-refractivity contribution >= 4 is 118 Å². The molecule has 10 bridgehead atoms. The van der Waals surface area contributed by atoms with Gasteiger partial charge < -0.3 is 104 Å². The van der Waals surface area contributed by atoms with Crippen molar-refractivity contribution in [2.24, 2.45) is 65.1 Å². The van der Waals surface area contributed by atoms with Crippen LogP contribution < -0.4 is 62.1 Å². The Morgan fingerprint density at radius 3 is 1.31 bits per heavy atom. The average Bonchev–Trinajstić information content (AvgIpc) is 1.63. The molecule has 6 aromatic carbocycles. The molecule has 0 spiro atoms. The van der Waals surface area contributed by atoms with E-state index in [0.29, 0.717) is 50.0 Å². The summed E-state index contributed by atoms with van der Waals surface area (Å²) in [5, 5.41) is 119. The number of rotatable bonds is 5. The summed E-state index contributed by atoms with van der Waals surface area (Å²) >= 11 is 0. The highest BCUT2D eigenvalue weighted by atomic mass is 16.7. The highest BCUT2D eigenvalue weighted by Gasteiger charge is 2.47. The molecule has 8 aliphatic heterocycles. The van der Waals surface area contributed by atoms with Gasteiger partial charge in [0.1, 0.15) is 51.5 Å². The number of ether oxygens (including phenoxy) is 5. The predicted molar refractivity (Wildman–Crippen MR) is 484 cm³/mol. The van der Waals surface area contributed by atoms with Crippen molar-refractivity contribution in [1.29, 1.82) is 0 Å². The summed E-state index contributed by atoms with van der Waals surface area (Å²) in [6, 6.07) is 6.25. The second-order valence-corrected chi connectivity index (χ2v) is 36.0. The molecule has 0 radical (unpaired) electrons. The molecule has 0 saturated carbocycles. The van der Waals surface area contributed by atoms with Crippen molar-refractivity contribution < 1.29 is 98.0 Å². The van der Waals surface area contributed by atoms with Crippen LogP contribution in [0.2, 0.25) is 0 Å². The fourth-order valence-corrected chi connectivity index (χ4v) is 18.1. The zero-order valence-electron chi connectivity index (χ0n) is 74.9. The van der Waals surface area contributed by atoms with Crippen LogP contribution in [0.5, 0.6) is 23.0 Å². The molecule has 16 rings (SSSR count). The van der Waals surface area contributed by atoms with E-state index in [1.807, 2.05) is 32.6 Å². The quantitative estimate of drug-likeness (QED) is 0.0433. The molecule has 8 aliphatic rings. The van der Waals surface area contributed by atoms with Crippen LogP contribution in [0.4, 0.5) is 22.7 Å². The van der Waals surface area contributed by atoms with E-state index in [1.54, 1.807) is 90.1 Å². The molecule has 2 aromatic heterocycles. The summed E-state index contributed by atoms with van der Waals surface area (Å²) in [7, 11) is 0. The molecule has 127 heavy (non-hydrogen) atoms. The summed E-state index contributed by atoms with van der Waals surface area (Å²) in [5.41, 5.74) is -2.56. The van der Waals surface area contributed by atoms with Gasteiger partial charge in [-0.05, 0) is 82.3 Å². The lowest BCUT2D eigenvalue weighted by Gasteiger charge is -2.37. The van der Waals surface area contributed by atoms with Crippen LogP contribution in [0, 0.1) is 78.9 Å². The molecule has 8 aromatic rings. The Kier molecular flexibility index (Phi) is 26.9. The Balaban J connectivity index is 0.000000217. The summed E-state index contributed by atoms with van der Waals surface area (Å²) in [6.07, 6.45) is 11.4. The molecule has 18 atom stereocenters. The number of piperazine rings is 1. The van der Waals surface area contributed by atoms with E-state index in [0.717, 1.165) is 25.9 Å². The predicted octanol–water partition coefficient (Wildman–Crippen LogP) is 10.1. The third kappa shape index (κ3) is 17.5. The smallest absolute Gasteiger partial charge is 0.307 e. The first kappa shape index (κ1) is 93.2. The van der Waals surface area contributed by atoms with Crippen molar-refractivity contribution in [2.45, 2.75) is 186 Å². The number of fused-ring (bicyclic) bond motifs is 28. The number of esters is 1. The fraction of sp³-hybridized carbons (Fsp3) is 0.490. The van der Waals surface area contributed by atoms with E-state index in [2.05, 4.69) is 27.4 Å². The van der Waals surface area contributed by atoms with Crippen molar-refractivity contribution in [3.8, 4) is 23.0 Å². The molecule has 31 nitrogen and oxygen atoms in total. The number of aliphatic hydroxyl groups is 8. The van der Waals surface area contributed by atoms with Crippen LogP contribution in [0.15, 0.2) is 125 Å². The lowest BCUT2D eigenvalue weighted by Crippen LogP contribution is -2.47. The molecule has 10 heterocycles. The van der Waals surface area contributed by atoms with Crippen LogP contribution in [0.25, 0.3) is 77.5 Å². The van der Waals surface area contributed by atoms with Gasteiger partial charge in [0.25, 0.3) is 11.8 Å². The average molecular weight is 1750 g/mol. The number of phenols is 2. The number of β-amino-alcohol motifs (C(OH)–C–C–N with tert-alkyl or cyclic N) is 1. The number of nitrogens with zero attached hydrogens (tertiary/aromatic N) is 5. The minimum absolute atomic E-state index is 0.0180. The molecule has 31 heteroatoms. The van der Waals surface area contributed by atoms with Gasteiger partial charge in [0.2, 0.25) is 21.7 Å². The van der Waals surface area contributed by atoms with Crippen molar-refractivity contribution in [3.63, 3.8) is 0 Å². The summed E-state index contributed by atoms with van der Waals surface area (Å²) in [5.74, 6) is -12.3. The number of anilines is 4. The molecule has 2 amide bonds. The first-order valence-corrected chi connectivity index (χ1v) is 43.5. The Morgan fingerprint density at radius 2 is 0.890 bits per heavy atom. The Bertz CT molecular complexity index is 6280. The van der Waals surface area contributed by atoms with Gasteiger partial charge in [-0.2, -0.15) is 0 Å². The van der Waals surface area contributed by atoms with Gasteiger partial charge in [-0.1, -0.05) is 113 Å². The molecule has 12 N–H and O–H groups in total. The van der Waals surface area contributed by atoms with Crippen LogP contribution in [0.1, 0.15) is 135 Å². The molecule has 680 valence electrons. The first-order valence-electron chi connectivity index (χ1n) is 43.5. The van der Waals surface area contributed by atoms with Gasteiger partial charge in [0.05, 0.1) is 70.9 Å². The molecule has 0 unspecified atom stereocenters. The van der Waals surface area contributed by atoms with Gasteiger partial charge in [0.15, 0.2) is 44.9 Å². The van der Waals surface area contributed by atoms with Gasteiger partial charge in [0, 0.05) is 171 Å². The van der Waals surface area contributed by atoms with Crippen LogP contribution in [-0.2, 0) is 28.6 Å². The van der Waals surface area contributed by atoms with Gasteiger partial charge in [-0.15, -0.1) is 0 Å². The molecule has 2 saturated heterocycles. The summed E-state index contributed by atoms with van der Waals surface area (Å²) in [4.78, 5) is 113. The number of aromatic nitrogens is 2. The highest BCUT2D eigenvalue weighted by molar-refractivity contribution is 6.18. The Labute approximate surface area is 732 Å². The number of aliphatic hydroxyl groups excluding tert-OH is 8. The number of phenolic OH excluding ortho intramolecular Hbond substituents is 2. The van der Waals surface area contributed by atoms with Crippen molar-refractivity contribution in [3.05, 3.63) is 159 Å². The number of carbonyl (C=O) groups excluding carboxylic acids is 3. The number of piperidine rings is 1. The molecular formula is C96H117N7O24. The standard InChI is InChI=1S/C49H59N3O12.C47H58N4O12/c1-22-14-17-52(18-15-22)31-20-32(54)37-33(21-31)63-46-38(50-37)34-35-42(57)29(8)45-36(34)47(59)49(10,64-45)61-19-16-23(2)26(5)44(62-30(9)53)28(7)41(56)27(6)40(55)24(3)12-11-13-25(4)48(60)51-39(46)43(35)58;1-22-12-19-61-47(8)45(59)34-32-33(41(57)28(7)43(34)63-47)42(58)37(49-46(60)24(3)11-9-10-23(2)38(54)26(5)40(56)27(6)39(55)25(22)4)44-36(32)48-35-30(53)20-29(21-31(35)62-44)51-15-13-50(14-16-51)17-18-52/h11-13,16,19-24,26-28,40-41,44,55-57,59H,14-15,17-18H2,1-10H3,(H,51,60);9-12,19-23,25-27,38-40,52,54-57,59H,13-18H2,1-8H3,(H,49,60)/b12-11+,19-16+,25-13-;10-9+,19-12+,24-11-/t23-,24-,26+,27+,28+,40-,41+,44+,49-;22-,23-,25+,26+,27-,38-,39+,40+,47-/m00/s1. The third-order valence-corrected chi connectivity index (χ3v) is 27.2. The number of amides is 2. The number of nitrogens with one attached hydrogen (secondary N) is 2. The van der Waals surface area contributed by atoms with Crippen molar-refractivity contribution in [2.75, 3.05) is 72.9 Å². The Morgan fingerprint density at radius 1 is 0.496 bits per heavy atom. The summed E-state index contributed by atoms with van der Waals surface area (Å²) < 4.78 is 43.5. The normalized spacial score (nSPS) is 30.7. The topological polar surface area (TPSA) is 454 Å². The van der Waals surface area contributed by atoms with E-state index in [4.69, 9.17) is 42.5 Å². The molecule has 0 aliphatic carbocycles. The SMILES string of the molecule is C/C1=C/C=C/[C@H](C)[C@H](O)[C@@H](C)[C@@H](O)[C@@H](C)[C@H](O)[C@H](C)[C@@H](C)/C=C/O[C@@]2(C)Oc3c(C)c(O)c4c(=O)c(c5oc6cc(N7CCN(CCO)CC7)cc(=O)c6nc5c4c3=C2O)NC1=O.CC(=O)O[C@H]1[C@H](C)[C@H](O)[C@H](C)[C@@H](O)[C@@H](C)/C=C/C=C(/C)C(=O)Nc2c(=O)c3c(O)c(C)c4c(c3c3nc5c(=O)cc(N6CCC(C)CC6)cc5oc23)=C(O)[C@@](C)(O/C=C/[C@H](C)[C@H]1C)O4. The van der Waals surface area contributed by atoms with Gasteiger partial charge in [-0.25, -0.2) is 9.97 Å². The minimum Gasteiger partial charge on any atom is -0.507 e. The largest absolute Gasteiger partial charge is 0.507 e. The fourth-order valence-electron chi connectivity index (χ4n) is 18.1. The van der Waals surface area contributed by atoms with E-state index in [1.165, 1.54) is 85.3 Å². The number of hydrogen-bond donors (Lipinski definition) is 12. The molecular weight excluding hydrogens is 1640 g/mol. The van der Waals surface area contributed by atoms with E-state index < -0.39 is 152 Å².